The molecule has 0 saturated carbocycles. The minimum absolute atomic E-state index is 0.0579. The summed E-state index contributed by atoms with van der Waals surface area (Å²) >= 11 is 0. The number of hydrogen-bond acceptors (Lipinski definition) is 3. The maximum atomic E-state index is 5.47. The average molecular weight is 666 g/mol. The molecule has 2 aromatic heterocycles. The number of para-hydroxylation sites is 3. The van der Waals surface area contributed by atoms with E-state index >= 15 is 0 Å². The van der Waals surface area contributed by atoms with Gasteiger partial charge in [-0.15, -0.1) is 0 Å². The third-order valence-electron chi connectivity index (χ3n) is 10.2. The Balaban J connectivity index is 1.19. The van der Waals surface area contributed by atoms with Crippen LogP contribution in [0.25, 0.3) is 43.7 Å². The molecule has 1 unspecified atom stereocenters. The molecule has 0 spiro atoms. The lowest BCUT2D eigenvalue weighted by molar-refractivity contribution is -0.697. The van der Waals surface area contributed by atoms with Crippen molar-refractivity contribution in [3.8, 4) is 11.3 Å². The number of benzene rings is 7. The van der Waals surface area contributed by atoms with Gasteiger partial charge >= 0.3 is 0 Å². The fraction of sp³-hybridized carbons (Fsp3) is 0.0208. The average Bonchev–Trinajstić information content (AvgIpc) is 3.61. The first kappa shape index (κ1) is 30.0. The monoisotopic (exact) mass is 665 g/mol. The molecule has 7 aromatic carbocycles. The van der Waals surface area contributed by atoms with E-state index in [1.165, 1.54) is 21.7 Å². The zero-order valence-corrected chi connectivity index (χ0v) is 28.3. The molecule has 0 N–H and O–H groups in total. The summed E-state index contributed by atoms with van der Waals surface area (Å²) in [5.41, 5.74) is 10.6. The predicted molar refractivity (Wildman–Crippen MR) is 214 cm³/mol. The van der Waals surface area contributed by atoms with E-state index in [1.54, 1.807) is 0 Å². The Bertz CT molecular complexity index is 2740. The van der Waals surface area contributed by atoms with Crippen LogP contribution in [0, 0.1) is 0 Å². The number of pyridine rings is 2. The summed E-state index contributed by atoms with van der Waals surface area (Å²) < 4.78 is 2.27. The van der Waals surface area contributed by atoms with Gasteiger partial charge in [0.15, 0.2) is 12.4 Å². The number of rotatable bonds is 6. The molecule has 0 fully saturated rings. The van der Waals surface area contributed by atoms with Gasteiger partial charge in [-0.2, -0.15) is 4.57 Å². The first-order chi connectivity index (χ1) is 25.8. The number of fused-ring (bicyclic) bond motifs is 6. The topological polar surface area (TPSA) is 32.4 Å². The van der Waals surface area contributed by atoms with Crippen LogP contribution in [-0.2, 0) is 0 Å². The third-order valence-corrected chi connectivity index (χ3v) is 10.2. The predicted octanol–water partition coefficient (Wildman–Crippen LogP) is 11.7. The molecule has 3 heterocycles. The second kappa shape index (κ2) is 12.4. The van der Waals surface area contributed by atoms with Crippen LogP contribution in [-0.4, -0.2) is 10.7 Å². The Morgan fingerprint density at radius 3 is 1.90 bits per heavy atom. The highest BCUT2D eigenvalue weighted by atomic mass is 15.1. The normalized spacial score (nSPS) is 13.7. The molecular weight excluding hydrogens is 633 g/mol. The van der Waals surface area contributed by atoms with Gasteiger partial charge in [0.1, 0.15) is 5.71 Å². The van der Waals surface area contributed by atoms with Crippen molar-refractivity contribution >= 4 is 60.9 Å². The summed E-state index contributed by atoms with van der Waals surface area (Å²) in [6.07, 6.45) is 4.27. The van der Waals surface area contributed by atoms with E-state index < -0.39 is 0 Å². The summed E-state index contributed by atoms with van der Waals surface area (Å²) in [7, 11) is 0. The SMILES string of the molecule is c1ccc(N(c2ccccc2)c2ccc(-c3nc4cccc(C5=Nc6ccccc6C5[n+]5ccccc5)c4c4c3ccc3ccccc34)cc2)cc1. The van der Waals surface area contributed by atoms with Gasteiger partial charge in [-0.1, -0.05) is 115 Å². The Kier molecular flexibility index (Phi) is 7.17. The third kappa shape index (κ3) is 4.96. The fourth-order valence-electron chi connectivity index (χ4n) is 7.87. The van der Waals surface area contributed by atoms with E-state index in [-0.39, 0.29) is 6.04 Å². The summed E-state index contributed by atoms with van der Waals surface area (Å²) in [5.74, 6) is 0. The van der Waals surface area contributed by atoms with Gasteiger partial charge in [0.2, 0.25) is 6.04 Å². The van der Waals surface area contributed by atoms with E-state index in [4.69, 9.17) is 9.98 Å². The Morgan fingerprint density at radius 1 is 0.481 bits per heavy atom. The van der Waals surface area contributed by atoms with E-state index in [0.29, 0.717) is 0 Å². The smallest absolute Gasteiger partial charge is 0.228 e. The van der Waals surface area contributed by atoms with Crippen LogP contribution in [0.3, 0.4) is 0 Å². The van der Waals surface area contributed by atoms with Crippen LogP contribution in [0.2, 0.25) is 0 Å². The van der Waals surface area contributed by atoms with Crippen molar-refractivity contribution in [1.82, 2.24) is 4.98 Å². The summed E-state index contributed by atoms with van der Waals surface area (Å²) in [6.45, 7) is 0. The zero-order chi connectivity index (χ0) is 34.4. The van der Waals surface area contributed by atoms with Crippen molar-refractivity contribution in [3.63, 3.8) is 0 Å². The largest absolute Gasteiger partial charge is 0.311 e. The molecule has 1 aliphatic heterocycles. The van der Waals surface area contributed by atoms with Crippen molar-refractivity contribution in [3.05, 3.63) is 206 Å². The first-order valence-corrected chi connectivity index (χ1v) is 17.7. The molecule has 1 aliphatic rings. The van der Waals surface area contributed by atoms with Crippen molar-refractivity contribution in [1.29, 1.82) is 0 Å². The Morgan fingerprint density at radius 2 is 1.13 bits per heavy atom. The molecule has 0 radical (unpaired) electrons. The molecular formula is C48H33N4+. The lowest BCUT2D eigenvalue weighted by Gasteiger charge is -2.25. The van der Waals surface area contributed by atoms with Crippen molar-refractivity contribution < 1.29 is 4.57 Å². The van der Waals surface area contributed by atoms with Gasteiger partial charge in [-0.05, 0) is 65.4 Å². The zero-order valence-electron chi connectivity index (χ0n) is 28.3. The Hall–Kier alpha value is -6.91. The molecule has 0 bridgehead atoms. The molecule has 4 heteroatoms. The highest BCUT2D eigenvalue weighted by Crippen LogP contribution is 2.43. The van der Waals surface area contributed by atoms with Crippen molar-refractivity contribution in [2.24, 2.45) is 4.99 Å². The molecule has 244 valence electrons. The van der Waals surface area contributed by atoms with Crippen LogP contribution in [0.15, 0.2) is 199 Å². The van der Waals surface area contributed by atoms with Crippen LogP contribution < -0.4 is 9.47 Å². The van der Waals surface area contributed by atoms with E-state index in [1.807, 2.05) is 0 Å². The standard InChI is InChI=1S/C48H33N4/c1-4-16-35(17-5-1)52(36-18-6-2-7-19-36)37-28-25-34(26-29-37)46-41-30-27-33-15-8-9-20-38(33)44(41)45-40(22-14-24-43(45)50-46)47-48(51-31-12-3-13-32-51)39-21-10-11-23-42(39)49-47/h1-32,48H/q+1. The van der Waals surface area contributed by atoms with E-state index in [9.17, 15) is 0 Å². The van der Waals surface area contributed by atoms with Crippen molar-refractivity contribution in [2.75, 3.05) is 4.90 Å². The quantitative estimate of drug-likeness (QED) is 0.131. The molecule has 4 nitrogen and oxygen atoms in total. The van der Waals surface area contributed by atoms with Crippen LogP contribution >= 0.6 is 0 Å². The van der Waals surface area contributed by atoms with Gasteiger partial charge in [0, 0.05) is 56.5 Å². The van der Waals surface area contributed by atoms with Gasteiger partial charge in [-0.25, -0.2) is 9.98 Å². The second-order valence-electron chi connectivity index (χ2n) is 13.2. The van der Waals surface area contributed by atoms with Crippen molar-refractivity contribution in [2.45, 2.75) is 6.04 Å². The van der Waals surface area contributed by atoms with Gasteiger partial charge in [0.25, 0.3) is 0 Å². The molecule has 9 aromatic rings. The van der Waals surface area contributed by atoms with E-state index in [2.05, 4.69) is 204 Å². The first-order valence-electron chi connectivity index (χ1n) is 17.7. The maximum absolute atomic E-state index is 5.47. The maximum Gasteiger partial charge on any atom is 0.228 e. The number of aromatic nitrogens is 2. The summed E-state index contributed by atoms with van der Waals surface area (Å²) in [4.78, 5) is 13.1. The van der Waals surface area contributed by atoms with Crippen LogP contribution in [0.4, 0.5) is 22.7 Å². The highest BCUT2D eigenvalue weighted by Gasteiger charge is 2.36. The van der Waals surface area contributed by atoms with Crippen LogP contribution in [0.1, 0.15) is 17.2 Å². The Labute approximate surface area is 302 Å². The summed E-state index contributed by atoms with van der Waals surface area (Å²) in [6, 6.07) is 64.2. The number of nitrogens with zero attached hydrogens (tertiary/aromatic N) is 4. The minimum Gasteiger partial charge on any atom is -0.311 e. The minimum atomic E-state index is -0.0579. The number of hydrogen-bond donors (Lipinski definition) is 0. The second-order valence-corrected chi connectivity index (χ2v) is 13.2. The highest BCUT2D eigenvalue weighted by molar-refractivity contribution is 6.28. The number of aliphatic imine (C=N–C) groups is 1. The molecule has 10 rings (SSSR count). The lowest BCUT2D eigenvalue weighted by Crippen LogP contribution is -2.42. The molecule has 0 amide bonds. The summed E-state index contributed by atoms with van der Waals surface area (Å²) in [5, 5.41) is 5.85. The fourth-order valence-corrected chi connectivity index (χ4v) is 7.87. The molecule has 52 heavy (non-hydrogen) atoms. The van der Waals surface area contributed by atoms with Crippen LogP contribution in [0.5, 0.6) is 0 Å². The molecule has 0 saturated heterocycles. The van der Waals surface area contributed by atoms with Gasteiger partial charge in [0.05, 0.1) is 22.5 Å². The lowest BCUT2D eigenvalue weighted by atomic mass is 9.90. The number of anilines is 3. The van der Waals surface area contributed by atoms with Gasteiger partial charge < -0.3 is 4.90 Å². The van der Waals surface area contributed by atoms with Gasteiger partial charge in [-0.3, -0.25) is 0 Å². The molecule has 1 atom stereocenters. The van der Waals surface area contributed by atoms with E-state index in [0.717, 1.165) is 61.6 Å². The molecule has 0 aliphatic carbocycles.